The number of hydrogen-bond donors (Lipinski definition) is 0. The summed E-state index contributed by atoms with van der Waals surface area (Å²) in [5, 5.41) is 0. The van der Waals surface area contributed by atoms with Crippen molar-refractivity contribution in [1.82, 2.24) is 174 Å². The number of benzene rings is 12. The largest absolute Gasteiger partial charge is 0.267 e. The predicted molar refractivity (Wildman–Crippen MR) is 537 cm³/mol. The SMILES string of the molecule is Cc1nc2ccccc2n1-c1nc(-n2c(C)nc3ccccc32)nc(-n2c(C)nc3ccccc32)n1.Cc1nc2ccccc2n1-c1nc(-n2c(C)nc3ccccc32)nc(-n2c(C)nc3ccccc32)n1.Cc1nc2ccccc2n1-c1nc(-n2c(C)nc3ccccc32)nc(-n2c(C)nc3ccccc32)n1.c1ccc2c(c1)ncn2-c1nc(-n2cnc3ccccc32)nc(-n2cnc3ccccc32)n1. The number of aromatic nitrogens is 36. The van der Waals surface area contributed by atoms with Gasteiger partial charge in [-0.05, 0) is 208 Å². The van der Waals surface area contributed by atoms with Crippen molar-refractivity contribution in [3.05, 3.63) is 363 Å². The number of aryl methyl sites for hydroxylation is 9. The maximum absolute atomic E-state index is 4.95. The van der Waals surface area contributed by atoms with Crippen LogP contribution in [0, 0.1) is 62.3 Å². The van der Waals surface area contributed by atoms with Crippen LogP contribution < -0.4 is 0 Å². The second-order valence-corrected chi connectivity index (χ2v) is 33.6. The Bertz CT molecular complexity index is 8240. The summed E-state index contributed by atoms with van der Waals surface area (Å²) in [5.74, 6) is 12.8. The van der Waals surface area contributed by atoms with Crippen LogP contribution in [0.5, 0.6) is 0 Å². The molecule has 0 radical (unpaired) electrons. The van der Waals surface area contributed by atoms with Gasteiger partial charge in [-0.3, -0.25) is 54.8 Å². The summed E-state index contributed by atoms with van der Waals surface area (Å²) in [7, 11) is 0. The average molecular weight is 1840 g/mol. The molecule has 0 bridgehead atoms. The maximum atomic E-state index is 4.95. The third kappa shape index (κ3) is 14.3. The Morgan fingerprint density at radius 2 is 0.234 bits per heavy atom. The third-order valence-electron chi connectivity index (χ3n) is 24.8. The lowest BCUT2D eigenvalue weighted by molar-refractivity contribution is 0.787. The molecule has 0 unspecified atom stereocenters. The van der Waals surface area contributed by atoms with Crippen molar-refractivity contribution in [2.75, 3.05) is 0 Å². The average Bonchev–Trinajstić information content (AvgIpc) is 1.59. The Morgan fingerprint density at radius 1 is 0.121 bits per heavy atom. The lowest BCUT2D eigenvalue weighted by Gasteiger charge is -2.13. The summed E-state index contributed by atoms with van der Waals surface area (Å²) >= 11 is 0. The van der Waals surface area contributed by atoms with Gasteiger partial charge in [0.05, 0.1) is 132 Å². The predicted octanol–water partition coefficient (Wildman–Crippen LogP) is 18.3. The highest BCUT2D eigenvalue weighted by molar-refractivity contribution is 5.87. The molecule has 0 N–H and O–H groups in total. The molecule has 0 aliphatic rings. The zero-order valence-corrected chi connectivity index (χ0v) is 77.0. The molecule has 16 heterocycles. The number of fused-ring (bicyclic) bond motifs is 12. The highest BCUT2D eigenvalue weighted by Gasteiger charge is 2.28. The standard InChI is InChI=1S/3C27H21N9.C24H15N9/c3*1-16-28-19-10-4-7-13-22(19)34(16)25-31-26(35-17(2)29-20-11-5-8-14-23(20)35)33-27(32-25)36-18(3)30-21-12-6-9-15-24(21)36;1-4-10-19-16(7-1)25-13-31(19)22-28-23(32-14-26-17-8-2-5-11-20(17)32)30-24(29-22)33-15-27-18-9-3-6-12-21(18)33/h3*4-15H,1-3H3;1-15H. The molecule has 0 amide bonds. The molecule has 28 rings (SSSR count). The van der Waals surface area contributed by atoms with Crippen molar-refractivity contribution in [2.24, 2.45) is 0 Å². The zero-order valence-electron chi connectivity index (χ0n) is 77.0. The number of rotatable bonds is 12. The Balaban J connectivity index is 0.0000000991. The van der Waals surface area contributed by atoms with Gasteiger partial charge in [0.25, 0.3) is 0 Å². The van der Waals surface area contributed by atoms with Crippen LogP contribution in [-0.4, -0.2) is 174 Å². The number of hydrogen-bond acceptors (Lipinski definition) is 24. The second-order valence-electron chi connectivity index (χ2n) is 33.6. The van der Waals surface area contributed by atoms with Crippen LogP contribution >= 0.6 is 0 Å². The van der Waals surface area contributed by atoms with E-state index >= 15 is 0 Å². The van der Waals surface area contributed by atoms with Gasteiger partial charge in [0.2, 0.25) is 71.4 Å². The fourth-order valence-corrected chi connectivity index (χ4v) is 18.5. The quantitative estimate of drug-likeness (QED) is 0.110. The van der Waals surface area contributed by atoms with Gasteiger partial charge in [-0.2, -0.15) is 59.8 Å². The molecule has 0 aliphatic heterocycles. The minimum absolute atomic E-state index is 0.458. The minimum atomic E-state index is 0.458. The molecule has 141 heavy (non-hydrogen) atoms. The summed E-state index contributed by atoms with van der Waals surface area (Å²) in [6, 6.07) is 95.4. The molecule has 0 spiro atoms. The van der Waals surface area contributed by atoms with E-state index in [0.717, 1.165) is 185 Å². The second kappa shape index (κ2) is 33.4. The first-order valence-corrected chi connectivity index (χ1v) is 45.4. The highest BCUT2D eigenvalue weighted by atomic mass is 15.4. The van der Waals surface area contributed by atoms with Crippen LogP contribution in [0.25, 0.3) is 204 Å². The summed E-state index contributed by atoms with van der Waals surface area (Å²) in [5.41, 5.74) is 21.6. The Hall–Kier alpha value is -19.7. The first-order valence-electron chi connectivity index (χ1n) is 45.4. The van der Waals surface area contributed by atoms with Gasteiger partial charge in [-0.15, -0.1) is 0 Å². The number of imidazole rings is 12. The topological polar surface area (TPSA) is 369 Å². The summed E-state index contributed by atoms with van der Waals surface area (Å²) in [6.45, 7) is 17.6. The molecule has 0 atom stereocenters. The first-order chi connectivity index (χ1) is 69.1. The molecule has 28 aromatic rings. The Kier molecular flexibility index (Phi) is 19.7. The van der Waals surface area contributed by atoms with Crippen molar-refractivity contribution in [3.63, 3.8) is 0 Å². The van der Waals surface area contributed by atoms with Crippen LogP contribution in [0.1, 0.15) is 52.4 Å². The van der Waals surface area contributed by atoms with E-state index in [2.05, 4.69) is 15.0 Å². The summed E-state index contributed by atoms with van der Waals surface area (Å²) in [6.07, 6.45) is 5.18. The third-order valence-corrected chi connectivity index (χ3v) is 24.8. The number of nitrogens with zero attached hydrogens (tertiary/aromatic N) is 36. The molecule has 0 fully saturated rings. The molecule has 0 saturated heterocycles. The molecule has 36 nitrogen and oxygen atoms in total. The van der Waals surface area contributed by atoms with Gasteiger partial charge >= 0.3 is 0 Å². The Morgan fingerprint density at radius 3 is 0.376 bits per heavy atom. The lowest BCUT2D eigenvalue weighted by atomic mass is 10.3. The first kappa shape index (κ1) is 83.2. The zero-order chi connectivity index (χ0) is 94.9. The van der Waals surface area contributed by atoms with Gasteiger partial charge in [0, 0.05) is 0 Å². The van der Waals surface area contributed by atoms with Gasteiger partial charge in [-0.25, -0.2) is 59.8 Å². The van der Waals surface area contributed by atoms with Gasteiger partial charge in [0.15, 0.2) is 0 Å². The fourth-order valence-electron chi connectivity index (χ4n) is 18.5. The minimum Gasteiger partial charge on any atom is -0.267 e. The molecule has 12 aromatic carbocycles. The van der Waals surface area contributed by atoms with E-state index < -0.39 is 0 Å². The van der Waals surface area contributed by atoms with E-state index in [-0.39, 0.29) is 0 Å². The highest BCUT2D eigenvalue weighted by Crippen LogP contribution is 2.34. The van der Waals surface area contributed by atoms with Crippen LogP contribution in [0.2, 0.25) is 0 Å². The molecule has 0 saturated carbocycles. The van der Waals surface area contributed by atoms with Crippen molar-refractivity contribution in [1.29, 1.82) is 0 Å². The van der Waals surface area contributed by atoms with Crippen molar-refractivity contribution in [2.45, 2.75) is 62.3 Å². The molecule has 36 heteroatoms. The monoisotopic (exact) mass is 1840 g/mol. The Labute approximate surface area is 798 Å². The smallest absolute Gasteiger partial charge is 0.242 e. The van der Waals surface area contributed by atoms with Gasteiger partial charge < -0.3 is 0 Å². The van der Waals surface area contributed by atoms with Crippen LogP contribution in [0.3, 0.4) is 0 Å². The lowest BCUT2D eigenvalue weighted by Crippen LogP contribution is -2.15. The van der Waals surface area contributed by atoms with Crippen LogP contribution in [-0.2, 0) is 0 Å². The summed E-state index contributed by atoms with van der Waals surface area (Å²) in [4.78, 5) is 115. The molecule has 678 valence electrons. The van der Waals surface area contributed by atoms with E-state index in [4.69, 9.17) is 105 Å². The number of para-hydroxylation sites is 24. The van der Waals surface area contributed by atoms with Crippen molar-refractivity contribution in [3.8, 4) is 71.4 Å². The van der Waals surface area contributed by atoms with E-state index in [1.54, 1.807) is 19.0 Å². The molecular formula is C105H78N36. The normalized spacial score (nSPS) is 11.7. The fraction of sp³-hybridized carbons (Fsp3) is 0.0857. The maximum Gasteiger partial charge on any atom is 0.242 e. The van der Waals surface area contributed by atoms with Gasteiger partial charge in [-0.1, -0.05) is 146 Å². The van der Waals surface area contributed by atoms with E-state index in [9.17, 15) is 0 Å². The van der Waals surface area contributed by atoms with Gasteiger partial charge in [0.1, 0.15) is 71.4 Å². The van der Waals surface area contributed by atoms with Crippen LogP contribution in [0.4, 0.5) is 0 Å². The molecule has 0 aliphatic carbocycles. The van der Waals surface area contributed by atoms with Crippen LogP contribution in [0.15, 0.2) is 310 Å². The summed E-state index contributed by atoms with van der Waals surface area (Å²) < 4.78 is 23.3. The van der Waals surface area contributed by atoms with E-state index in [1.165, 1.54) is 0 Å². The van der Waals surface area contributed by atoms with E-state index in [1.807, 2.05) is 408 Å². The van der Waals surface area contributed by atoms with E-state index in [0.29, 0.717) is 71.4 Å². The molecular weight excluding hydrogens is 1770 g/mol. The van der Waals surface area contributed by atoms with Crippen molar-refractivity contribution < 1.29 is 0 Å². The molecule has 16 aromatic heterocycles. The van der Waals surface area contributed by atoms with Crippen molar-refractivity contribution >= 4 is 132 Å².